The van der Waals surface area contributed by atoms with E-state index in [1.54, 1.807) is 12.4 Å². The molecule has 2 amide bonds. The highest BCUT2D eigenvalue weighted by Crippen LogP contribution is 2.22. The third-order valence-corrected chi connectivity index (χ3v) is 5.54. The summed E-state index contributed by atoms with van der Waals surface area (Å²) in [6.45, 7) is 1.58. The summed E-state index contributed by atoms with van der Waals surface area (Å²) >= 11 is 0. The van der Waals surface area contributed by atoms with Crippen LogP contribution in [-0.2, 0) is 16.0 Å². The maximum absolute atomic E-state index is 12.4. The van der Waals surface area contributed by atoms with Gasteiger partial charge >= 0.3 is 0 Å². The van der Waals surface area contributed by atoms with E-state index in [4.69, 9.17) is 0 Å². The van der Waals surface area contributed by atoms with E-state index in [1.807, 2.05) is 17.0 Å². The molecule has 2 heterocycles. The zero-order valence-corrected chi connectivity index (χ0v) is 15.0. The SMILES string of the molecule is O=C(CC1CCN(C(=O)CCc2ccncc2)CC1)NC1CCCC1. The summed E-state index contributed by atoms with van der Waals surface area (Å²) in [5.74, 6) is 0.852. The summed E-state index contributed by atoms with van der Waals surface area (Å²) in [7, 11) is 0. The van der Waals surface area contributed by atoms with Gasteiger partial charge in [0.2, 0.25) is 11.8 Å². The molecular weight excluding hydrogens is 314 g/mol. The number of piperidine rings is 1. The average Bonchev–Trinajstić information content (AvgIpc) is 3.14. The van der Waals surface area contributed by atoms with E-state index in [-0.39, 0.29) is 11.8 Å². The van der Waals surface area contributed by atoms with Crippen LogP contribution in [0.15, 0.2) is 24.5 Å². The van der Waals surface area contributed by atoms with Crippen molar-refractivity contribution in [3.8, 4) is 0 Å². The van der Waals surface area contributed by atoms with E-state index in [9.17, 15) is 9.59 Å². The molecule has 2 fully saturated rings. The van der Waals surface area contributed by atoms with Crippen molar-refractivity contribution in [1.82, 2.24) is 15.2 Å². The zero-order chi connectivity index (χ0) is 17.5. The van der Waals surface area contributed by atoms with Crippen LogP contribution in [0.4, 0.5) is 0 Å². The third kappa shape index (κ3) is 5.55. The van der Waals surface area contributed by atoms with E-state index in [1.165, 1.54) is 12.8 Å². The first-order valence-corrected chi connectivity index (χ1v) is 9.67. The van der Waals surface area contributed by atoms with Crippen LogP contribution in [0.2, 0.25) is 0 Å². The lowest BCUT2D eigenvalue weighted by Gasteiger charge is -2.32. The normalized spacial score (nSPS) is 19.1. The van der Waals surface area contributed by atoms with Crippen LogP contribution in [0.25, 0.3) is 0 Å². The van der Waals surface area contributed by atoms with Crippen molar-refractivity contribution in [2.24, 2.45) is 5.92 Å². The Labute approximate surface area is 150 Å². The number of aromatic nitrogens is 1. The largest absolute Gasteiger partial charge is 0.353 e. The van der Waals surface area contributed by atoms with Gasteiger partial charge in [0, 0.05) is 44.4 Å². The highest BCUT2D eigenvalue weighted by atomic mass is 16.2. The van der Waals surface area contributed by atoms with Crippen LogP contribution in [0.5, 0.6) is 0 Å². The number of aryl methyl sites for hydroxylation is 1. The molecule has 136 valence electrons. The van der Waals surface area contributed by atoms with Gasteiger partial charge in [-0.3, -0.25) is 14.6 Å². The Balaban J connectivity index is 1.34. The molecule has 0 atom stereocenters. The lowest BCUT2D eigenvalue weighted by atomic mass is 9.92. The maximum atomic E-state index is 12.4. The molecule has 25 heavy (non-hydrogen) atoms. The number of nitrogens with one attached hydrogen (secondary N) is 1. The van der Waals surface area contributed by atoms with E-state index >= 15 is 0 Å². The van der Waals surface area contributed by atoms with Gasteiger partial charge in [-0.15, -0.1) is 0 Å². The highest BCUT2D eigenvalue weighted by molar-refractivity contribution is 5.77. The van der Waals surface area contributed by atoms with Gasteiger partial charge in [0.1, 0.15) is 0 Å². The van der Waals surface area contributed by atoms with Crippen molar-refractivity contribution < 1.29 is 9.59 Å². The monoisotopic (exact) mass is 343 g/mol. The molecular formula is C20H29N3O2. The number of likely N-dealkylation sites (tertiary alicyclic amines) is 1. The fourth-order valence-electron chi connectivity index (χ4n) is 3.96. The Kier molecular flexibility index (Phi) is 6.42. The Morgan fingerprint density at radius 1 is 1.08 bits per heavy atom. The fourth-order valence-corrected chi connectivity index (χ4v) is 3.96. The zero-order valence-electron chi connectivity index (χ0n) is 15.0. The number of carbonyl (C=O) groups is 2. The summed E-state index contributed by atoms with van der Waals surface area (Å²) in [6.07, 6.45) is 12.1. The molecule has 0 radical (unpaired) electrons. The highest BCUT2D eigenvalue weighted by Gasteiger charge is 2.25. The van der Waals surface area contributed by atoms with Crippen molar-refractivity contribution >= 4 is 11.8 Å². The fraction of sp³-hybridized carbons (Fsp3) is 0.650. The number of nitrogens with zero attached hydrogens (tertiary/aromatic N) is 2. The first kappa shape index (κ1) is 17.9. The van der Waals surface area contributed by atoms with E-state index in [2.05, 4.69) is 10.3 Å². The third-order valence-electron chi connectivity index (χ3n) is 5.54. The minimum Gasteiger partial charge on any atom is -0.353 e. The summed E-state index contributed by atoms with van der Waals surface area (Å²) in [5.41, 5.74) is 1.15. The van der Waals surface area contributed by atoms with Crippen molar-refractivity contribution in [2.75, 3.05) is 13.1 Å². The summed E-state index contributed by atoms with van der Waals surface area (Å²) < 4.78 is 0. The molecule has 3 rings (SSSR count). The lowest BCUT2D eigenvalue weighted by Crippen LogP contribution is -2.40. The van der Waals surface area contributed by atoms with Gasteiger partial charge in [0.25, 0.3) is 0 Å². The van der Waals surface area contributed by atoms with Crippen LogP contribution in [0.3, 0.4) is 0 Å². The molecule has 1 aromatic rings. The van der Waals surface area contributed by atoms with Crippen molar-refractivity contribution in [1.29, 1.82) is 0 Å². The first-order chi connectivity index (χ1) is 12.2. The molecule has 0 unspecified atom stereocenters. The molecule has 5 heteroatoms. The van der Waals surface area contributed by atoms with Gasteiger partial charge in [-0.1, -0.05) is 12.8 Å². The number of carbonyl (C=O) groups excluding carboxylic acids is 2. The Morgan fingerprint density at radius 2 is 1.76 bits per heavy atom. The molecule has 0 bridgehead atoms. The summed E-state index contributed by atoms with van der Waals surface area (Å²) in [4.78, 5) is 30.5. The predicted molar refractivity (Wildman–Crippen MR) is 96.9 cm³/mol. The standard InChI is InChI=1S/C20H29N3O2/c24-19(22-18-3-1-2-4-18)15-17-9-13-23(14-10-17)20(25)6-5-16-7-11-21-12-8-16/h7-8,11-12,17-18H,1-6,9-10,13-15H2,(H,22,24). The Morgan fingerprint density at radius 3 is 2.44 bits per heavy atom. The Hall–Kier alpha value is -1.91. The molecule has 0 aromatic carbocycles. The minimum atomic E-state index is 0.203. The van der Waals surface area contributed by atoms with Crippen LogP contribution >= 0.6 is 0 Å². The molecule has 1 saturated carbocycles. The van der Waals surface area contributed by atoms with Crippen molar-refractivity contribution in [3.05, 3.63) is 30.1 Å². The quantitative estimate of drug-likeness (QED) is 0.864. The number of amides is 2. The molecule has 5 nitrogen and oxygen atoms in total. The summed E-state index contributed by atoms with van der Waals surface area (Å²) in [6, 6.07) is 4.33. The first-order valence-electron chi connectivity index (χ1n) is 9.67. The molecule has 1 aromatic heterocycles. The Bertz CT molecular complexity index is 562. The van der Waals surface area contributed by atoms with Gasteiger partial charge in [-0.05, 0) is 55.7 Å². The van der Waals surface area contributed by atoms with Crippen LogP contribution in [0.1, 0.15) is 56.9 Å². The van der Waals surface area contributed by atoms with E-state index in [0.717, 1.165) is 50.8 Å². The number of hydrogen-bond donors (Lipinski definition) is 1. The van der Waals surface area contributed by atoms with Crippen molar-refractivity contribution in [2.45, 2.75) is 63.8 Å². The molecule has 0 spiro atoms. The minimum absolute atomic E-state index is 0.203. The van der Waals surface area contributed by atoms with Gasteiger partial charge in [0.15, 0.2) is 0 Å². The van der Waals surface area contributed by atoms with Gasteiger partial charge in [-0.25, -0.2) is 0 Å². The topological polar surface area (TPSA) is 62.3 Å². The molecule has 1 aliphatic heterocycles. The van der Waals surface area contributed by atoms with Crippen LogP contribution in [-0.4, -0.2) is 40.8 Å². The van der Waals surface area contributed by atoms with E-state index < -0.39 is 0 Å². The second-order valence-corrected chi connectivity index (χ2v) is 7.43. The van der Waals surface area contributed by atoms with Crippen molar-refractivity contribution in [3.63, 3.8) is 0 Å². The maximum Gasteiger partial charge on any atom is 0.222 e. The molecule has 2 aliphatic rings. The van der Waals surface area contributed by atoms with Gasteiger partial charge < -0.3 is 10.2 Å². The number of rotatable bonds is 6. The molecule has 1 N–H and O–H groups in total. The predicted octanol–water partition coefficient (Wildman–Crippen LogP) is 2.70. The molecule has 1 saturated heterocycles. The smallest absolute Gasteiger partial charge is 0.222 e. The van der Waals surface area contributed by atoms with Crippen LogP contribution in [0, 0.1) is 5.92 Å². The second-order valence-electron chi connectivity index (χ2n) is 7.43. The van der Waals surface area contributed by atoms with Gasteiger partial charge in [0.05, 0.1) is 0 Å². The van der Waals surface area contributed by atoms with Crippen LogP contribution < -0.4 is 5.32 Å². The second kappa shape index (κ2) is 8.97. The lowest BCUT2D eigenvalue weighted by molar-refractivity contribution is -0.132. The number of hydrogen-bond acceptors (Lipinski definition) is 3. The number of pyridine rings is 1. The molecule has 1 aliphatic carbocycles. The van der Waals surface area contributed by atoms with E-state index in [0.29, 0.717) is 24.8 Å². The van der Waals surface area contributed by atoms with Gasteiger partial charge in [-0.2, -0.15) is 0 Å². The average molecular weight is 343 g/mol. The summed E-state index contributed by atoms with van der Waals surface area (Å²) in [5, 5.41) is 3.17.